The molecule has 0 aliphatic carbocycles. The van der Waals surface area contributed by atoms with E-state index in [1.807, 2.05) is 29.2 Å². The Morgan fingerprint density at radius 1 is 1.21 bits per heavy atom. The van der Waals surface area contributed by atoms with Gasteiger partial charge in [-0.15, -0.1) is 0 Å². The number of ether oxygens (including phenoxy) is 1. The van der Waals surface area contributed by atoms with E-state index >= 15 is 0 Å². The van der Waals surface area contributed by atoms with Crippen LogP contribution in [0, 0.1) is 0 Å². The molecule has 0 saturated carbocycles. The lowest BCUT2D eigenvalue weighted by Gasteiger charge is -2.27. The highest BCUT2D eigenvalue weighted by molar-refractivity contribution is 7.82. The molecule has 2 aromatic rings. The highest BCUT2D eigenvalue weighted by Gasteiger charge is 2.23. The standard InChI is InChI=1S/C14H13NO3S/c16-13(14(19)15-5-7-17-8-6-15)12-9-10-3-1-2-4-11(10)18-12/h1-4,9H,5-8H2. The van der Waals surface area contributed by atoms with E-state index in [1.165, 1.54) is 0 Å². The third kappa shape index (κ3) is 2.39. The third-order valence-corrected chi connectivity index (χ3v) is 3.59. The lowest BCUT2D eigenvalue weighted by molar-refractivity contribution is 0.0668. The first-order valence-electron chi connectivity index (χ1n) is 6.15. The van der Waals surface area contributed by atoms with Gasteiger partial charge < -0.3 is 14.1 Å². The van der Waals surface area contributed by atoms with Crippen molar-refractivity contribution < 1.29 is 13.9 Å². The number of carbonyl (C=O) groups is 1. The van der Waals surface area contributed by atoms with E-state index in [4.69, 9.17) is 21.4 Å². The minimum Gasteiger partial charge on any atom is -0.452 e. The van der Waals surface area contributed by atoms with E-state index < -0.39 is 0 Å². The second-order valence-corrected chi connectivity index (χ2v) is 4.77. The van der Waals surface area contributed by atoms with Crippen molar-refractivity contribution in [3.63, 3.8) is 0 Å². The number of furan rings is 1. The second kappa shape index (κ2) is 5.11. The zero-order valence-corrected chi connectivity index (χ0v) is 11.1. The molecule has 2 heterocycles. The van der Waals surface area contributed by atoms with E-state index in [0.717, 1.165) is 5.39 Å². The summed E-state index contributed by atoms with van der Waals surface area (Å²) in [5, 5.41) is 0.913. The Morgan fingerprint density at radius 2 is 1.95 bits per heavy atom. The van der Waals surface area contributed by atoms with Gasteiger partial charge in [-0.2, -0.15) is 0 Å². The lowest BCUT2D eigenvalue weighted by Crippen LogP contribution is -2.43. The molecule has 1 aromatic carbocycles. The Kier molecular flexibility index (Phi) is 3.31. The van der Waals surface area contributed by atoms with Crippen molar-refractivity contribution in [1.29, 1.82) is 0 Å². The first-order chi connectivity index (χ1) is 9.25. The number of para-hydroxylation sites is 1. The van der Waals surface area contributed by atoms with Gasteiger partial charge in [0, 0.05) is 18.5 Å². The molecule has 0 unspecified atom stereocenters. The molecule has 19 heavy (non-hydrogen) atoms. The number of benzene rings is 1. The zero-order valence-electron chi connectivity index (χ0n) is 10.3. The summed E-state index contributed by atoms with van der Waals surface area (Å²) in [6.07, 6.45) is 0. The average Bonchev–Trinajstić information content (AvgIpc) is 2.90. The summed E-state index contributed by atoms with van der Waals surface area (Å²) in [5.74, 6) is 0.0748. The Morgan fingerprint density at radius 3 is 2.68 bits per heavy atom. The summed E-state index contributed by atoms with van der Waals surface area (Å²) < 4.78 is 10.8. The highest BCUT2D eigenvalue weighted by atomic mass is 32.1. The molecule has 0 spiro atoms. The van der Waals surface area contributed by atoms with Crippen molar-refractivity contribution in [3.8, 4) is 0 Å². The normalized spacial score (nSPS) is 15.7. The number of carbonyl (C=O) groups excluding carboxylic acids is 1. The zero-order chi connectivity index (χ0) is 13.2. The fraction of sp³-hybridized carbons (Fsp3) is 0.286. The predicted octanol–water partition coefficient (Wildman–Crippen LogP) is 2.28. The number of hydrogen-bond donors (Lipinski definition) is 0. The highest BCUT2D eigenvalue weighted by Crippen LogP contribution is 2.20. The van der Waals surface area contributed by atoms with Crippen LogP contribution in [0.25, 0.3) is 11.0 Å². The molecule has 0 atom stereocenters. The van der Waals surface area contributed by atoms with Gasteiger partial charge in [-0.25, -0.2) is 0 Å². The van der Waals surface area contributed by atoms with Gasteiger partial charge in [-0.3, -0.25) is 4.79 Å². The van der Waals surface area contributed by atoms with E-state index in [0.29, 0.717) is 42.6 Å². The van der Waals surface area contributed by atoms with Gasteiger partial charge in [-0.05, 0) is 12.1 Å². The number of nitrogens with zero attached hydrogens (tertiary/aromatic N) is 1. The van der Waals surface area contributed by atoms with Crippen molar-refractivity contribution >= 4 is 34.0 Å². The molecule has 1 fully saturated rings. The molecular weight excluding hydrogens is 262 g/mol. The van der Waals surface area contributed by atoms with Crippen molar-refractivity contribution in [2.24, 2.45) is 0 Å². The second-order valence-electron chi connectivity index (χ2n) is 4.38. The van der Waals surface area contributed by atoms with Gasteiger partial charge in [0.2, 0.25) is 0 Å². The number of ketones is 1. The van der Waals surface area contributed by atoms with Crippen molar-refractivity contribution in [2.75, 3.05) is 26.3 Å². The summed E-state index contributed by atoms with van der Waals surface area (Å²) in [6, 6.07) is 9.27. The summed E-state index contributed by atoms with van der Waals surface area (Å²) >= 11 is 5.24. The van der Waals surface area contributed by atoms with Gasteiger partial charge in [0.15, 0.2) is 10.7 Å². The molecule has 5 heteroatoms. The van der Waals surface area contributed by atoms with E-state index in [9.17, 15) is 4.79 Å². The predicted molar refractivity (Wildman–Crippen MR) is 75.5 cm³/mol. The fourth-order valence-electron chi connectivity index (χ4n) is 2.11. The average molecular weight is 275 g/mol. The quantitative estimate of drug-likeness (QED) is 0.621. The molecule has 0 amide bonds. The van der Waals surface area contributed by atoms with Crippen LogP contribution in [0.5, 0.6) is 0 Å². The summed E-state index contributed by atoms with van der Waals surface area (Å²) in [7, 11) is 0. The topological polar surface area (TPSA) is 42.7 Å². The van der Waals surface area contributed by atoms with Crippen LogP contribution >= 0.6 is 12.2 Å². The molecule has 3 rings (SSSR count). The van der Waals surface area contributed by atoms with Gasteiger partial charge >= 0.3 is 0 Å². The van der Waals surface area contributed by atoms with Crippen molar-refractivity contribution in [2.45, 2.75) is 0 Å². The molecule has 4 nitrogen and oxygen atoms in total. The van der Waals surface area contributed by atoms with Gasteiger partial charge in [-0.1, -0.05) is 30.4 Å². The smallest absolute Gasteiger partial charge is 0.255 e. The Balaban J connectivity index is 1.84. The first-order valence-corrected chi connectivity index (χ1v) is 6.56. The molecule has 1 saturated heterocycles. The number of fused-ring (bicyclic) bond motifs is 1. The van der Waals surface area contributed by atoms with Crippen LogP contribution in [-0.4, -0.2) is 42.0 Å². The van der Waals surface area contributed by atoms with Crippen LogP contribution in [0.15, 0.2) is 34.7 Å². The Bertz CT molecular complexity index is 595. The maximum Gasteiger partial charge on any atom is 0.255 e. The van der Waals surface area contributed by atoms with E-state index in [-0.39, 0.29) is 5.78 Å². The first kappa shape index (κ1) is 12.3. The maximum absolute atomic E-state index is 12.3. The summed E-state index contributed by atoms with van der Waals surface area (Å²) in [4.78, 5) is 14.5. The van der Waals surface area contributed by atoms with E-state index in [1.54, 1.807) is 6.07 Å². The lowest BCUT2D eigenvalue weighted by atomic mass is 10.2. The van der Waals surface area contributed by atoms with Crippen molar-refractivity contribution in [3.05, 3.63) is 36.1 Å². The summed E-state index contributed by atoms with van der Waals surface area (Å²) in [5.41, 5.74) is 0.704. The summed E-state index contributed by atoms with van der Waals surface area (Å²) in [6.45, 7) is 2.52. The molecule has 98 valence electrons. The molecule has 0 bridgehead atoms. The molecular formula is C14H13NO3S. The number of morpholine rings is 1. The van der Waals surface area contributed by atoms with Crippen molar-refractivity contribution in [1.82, 2.24) is 4.90 Å². The largest absolute Gasteiger partial charge is 0.452 e. The van der Waals surface area contributed by atoms with Crippen LogP contribution in [-0.2, 0) is 4.74 Å². The minimum atomic E-state index is -0.229. The van der Waals surface area contributed by atoms with Crippen LogP contribution in [0.3, 0.4) is 0 Å². The SMILES string of the molecule is O=C(C(=S)N1CCOCC1)c1cc2ccccc2o1. The minimum absolute atomic E-state index is 0.229. The van der Waals surface area contributed by atoms with Gasteiger partial charge in [0.05, 0.1) is 13.2 Å². The molecule has 1 aliphatic heterocycles. The monoisotopic (exact) mass is 275 g/mol. The van der Waals surface area contributed by atoms with Crippen LogP contribution in [0.4, 0.5) is 0 Å². The Labute approximate surface area is 115 Å². The maximum atomic E-state index is 12.3. The van der Waals surface area contributed by atoms with E-state index in [2.05, 4.69) is 0 Å². The van der Waals surface area contributed by atoms with Gasteiger partial charge in [0.25, 0.3) is 5.78 Å². The Hall–Kier alpha value is -1.72. The van der Waals surface area contributed by atoms with Crippen LogP contribution in [0.1, 0.15) is 10.6 Å². The fourth-order valence-corrected chi connectivity index (χ4v) is 2.39. The molecule has 1 aromatic heterocycles. The van der Waals surface area contributed by atoms with Crippen LogP contribution < -0.4 is 0 Å². The number of Topliss-reactive ketones (excluding diaryl/α,β-unsaturated/α-hetero) is 1. The number of thiocarbonyl (C=S) groups is 1. The number of hydrogen-bond acceptors (Lipinski definition) is 4. The molecule has 0 radical (unpaired) electrons. The molecule has 1 aliphatic rings. The number of rotatable bonds is 2. The third-order valence-electron chi connectivity index (χ3n) is 3.14. The van der Waals surface area contributed by atoms with Gasteiger partial charge in [0.1, 0.15) is 5.58 Å². The molecule has 0 N–H and O–H groups in total. The van der Waals surface area contributed by atoms with Crippen LogP contribution in [0.2, 0.25) is 0 Å².